The molecule has 1 amide bonds. The van der Waals surface area contributed by atoms with E-state index in [1.165, 1.54) is 6.92 Å². The molecule has 1 atom stereocenters. The highest BCUT2D eigenvalue weighted by atomic mass is 19.4. The van der Waals surface area contributed by atoms with Crippen LogP contribution in [-0.4, -0.2) is 35.0 Å². The van der Waals surface area contributed by atoms with Gasteiger partial charge in [0.1, 0.15) is 5.69 Å². The van der Waals surface area contributed by atoms with E-state index in [0.29, 0.717) is 12.1 Å². The molecule has 11 heteroatoms. The molecule has 0 aliphatic carbocycles. The van der Waals surface area contributed by atoms with Crippen LogP contribution < -0.4 is 10.6 Å². The molecule has 0 radical (unpaired) electrons. The van der Waals surface area contributed by atoms with E-state index in [-0.39, 0.29) is 25.2 Å². The molecule has 0 bridgehead atoms. The number of carboxylic acids is 1. The van der Waals surface area contributed by atoms with Crippen LogP contribution in [0.15, 0.2) is 18.2 Å². The minimum absolute atomic E-state index is 0.0700. The maximum absolute atomic E-state index is 12.6. The highest BCUT2D eigenvalue weighted by Crippen LogP contribution is 2.34. The second kappa shape index (κ2) is 8.31. The number of halogens is 3. The number of hydrogen-bond acceptors (Lipinski definition) is 5. The van der Waals surface area contributed by atoms with Gasteiger partial charge in [-0.2, -0.15) is 13.2 Å². The largest absolute Gasteiger partial charge is 0.481 e. The van der Waals surface area contributed by atoms with E-state index in [2.05, 4.69) is 10.6 Å². The Balaban J connectivity index is 2.64. The topological polar surface area (TPSA) is 122 Å². The number of nitro groups is 1. The summed E-state index contributed by atoms with van der Waals surface area (Å²) in [6.45, 7) is 1.26. The molecule has 25 heavy (non-hydrogen) atoms. The number of hydrogen-bond donors (Lipinski definition) is 3. The summed E-state index contributed by atoms with van der Waals surface area (Å²) < 4.78 is 37.8. The average molecular weight is 363 g/mol. The summed E-state index contributed by atoms with van der Waals surface area (Å²) in [7, 11) is 0. The van der Waals surface area contributed by atoms with Crippen LogP contribution in [0, 0.1) is 16.0 Å². The Bertz CT molecular complexity index is 664. The summed E-state index contributed by atoms with van der Waals surface area (Å²) >= 11 is 0. The van der Waals surface area contributed by atoms with Gasteiger partial charge in [-0.1, -0.05) is 6.92 Å². The lowest BCUT2D eigenvalue weighted by molar-refractivity contribution is -0.384. The number of carboxylic acid groups (broad SMARTS) is 1. The third-order valence-electron chi connectivity index (χ3n) is 3.22. The Hall–Kier alpha value is -2.85. The predicted molar refractivity (Wildman–Crippen MR) is 81.0 cm³/mol. The van der Waals surface area contributed by atoms with Crippen LogP contribution in [0.3, 0.4) is 0 Å². The molecular weight excluding hydrogens is 347 g/mol. The predicted octanol–water partition coefficient (Wildman–Crippen LogP) is 2.25. The third kappa shape index (κ3) is 6.28. The number of benzene rings is 1. The zero-order valence-corrected chi connectivity index (χ0v) is 13.1. The zero-order valence-electron chi connectivity index (χ0n) is 13.1. The molecule has 0 saturated carbocycles. The van der Waals surface area contributed by atoms with Crippen LogP contribution >= 0.6 is 0 Å². The number of rotatable bonds is 8. The number of nitro benzene ring substituents is 1. The van der Waals surface area contributed by atoms with Crippen molar-refractivity contribution in [1.29, 1.82) is 0 Å². The lowest BCUT2D eigenvalue weighted by Crippen LogP contribution is -2.32. The number of amides is 1. The number of nitrogens with one attached hydrogen (secondary N) is 2. The van der Waals surface area contributed by atoms with Gasteiger partial charge in [0.05, 0.1) is 16.4 Å². The van der Waals surface area contributed by atoms with Crippen molar-refractivity contribution in [3.05, 3.63) is 33.9 Å². The van der Waals surface area contributed by atoms with Crippen molar-refractivity contribution in [3.63, 3.8) is 0 Å². The van der Waals surface area contributed by atoms with E-state index in [1.807, 2.05) is 0 Å². The van der Waals surface area contributed by atoms with Crippen molar-refractivity contribution in [3.8, 4) is 0 Å². The summed E-state index contributed by atoms with van der Waals surface area (Å²) in [6.07, 6.45) is -4.84. The van der Waals surface area contributed by atoms with Gasteiger partial charge in [0.15, 0.2) is 0 Å². The maximum atomic E-state index is 12.6. The van der Waals surface area contributed by atoms with Crippen molar-refractivity contribution >= 4 is 23.3 Å². The minimum Gasteiger partial charge on any atom is -0.481 e. The number of aliphatic carboxylic acids is 1. The second-order valence-corrected chi connectivity index (χ2v) is 5.21. The van der Waals surface area contributed by atoms with Gasteiger partial charge in [0.2, 0.25) is 5.91 Å². The molecule has 1 unspecified atom stereocenters. The van der Waals surface area contributed by atoms with Gasteiger partial charge < -0.3 is 15.7 Å². The first-order valence-electron chi connectivity index (χ1n) is 7.11. The smallest absolute Gasteiger partial charge is 0.416 e. The molecule has 0 fully saturated rings. The van der Waals surface area contributed by atoms with Crippen LogP contribution in [-0.2, 0) is 15.8 Å². The van der Waals surface area contributed by atoms with E-state index in [4.69, 9.17) is 5.11 Å². The monoisotopic (exact) mass is 363 g/mol. The lowest BCUT2D eigenvalue weighted by Gasteiger charge is -2.11. The molecule has 0 spiro atoms. The highest BCUT2D eigenvalue weighted by Gasteiger charge is 2.33. The van der Waals surface area contributed by atoms with Gasteiger partial charge in [-0.3, -0.25) is 19.7 Å². The van der Waals surface area contributed by atoms with E-state index in [0.717, 1.165) is 6.07 Å². The molecule has 8 nitrogen and oxygen atoms in total. The molecule has 0 saturated heterocycles. The zero-order chi connectivity index (χ0) is 19.2. The Kier molecular flexibility index (Phi) is 6.71. The Labute approximate surface area is 140 Å². The molecule has 1 aromatic carbocycles. The van der Waals surface area contributed by atoms with Gasteiger partial charge in [-0.05, 0) is 12.1 Å². The minimum atomic E-state index is -4.70. The maximum Gasteiger partial charge on any atom is 0.416 e. The first-order valence-corrected chi connectivity index (χ1v) is 7.11. The van der Waals surface area contributed by atoms with E-state index in [1.54, 1.807) is 0 Å². The molecule has 1 aromatic rings. The Morgan fingerprint density at radius 1 is 1.36 bits per heavy atom. The van der Waals surface area contributed by atoms with Crippen LogP contribution in [0.1, 0.15) is 18.9 Å². The van der Waals surface area contributed by atoms with Gasteiger partial charge >= 0.3 is 12.1 Å². The normalized spacial score (nSPS) is 12.3. The average Bonchev–Trinajstić information content (AvgIpc) is 2.51. The van der Waals surface area contributed by atoms with Crippen molar-refractivity contribution in [2.45, 2.75) is 19.5 Å². The van der Waals surface area contributed by atoms with Crippen molar-refractivity contribution < 1.29 is 32.8 Å². The van der Waals surface area contributed by atoms with Crippen LogP contribution in [0.4, 0.5) is 24.5 Å². The fraction of sp³-hybridized carbons (Fsp3) is 0.429. The summed E-state index contributed by atoms with van der Waals surface area (Å²) in [6, 6.07) is 2.03. The Morgan fingerprint density at radius 3 is 2.52 bits per heavy atom. The molecule has 0 aliphatic rings. The summed E-state index contributed by atoms with van der Waals surface area (Å²) in [5.74, 6) is -2.33. The summed E-state index contributed by atoms with van der Waals surface area (Å²) in [5, 5.41) is 24.5. The molecule has 0 aliphatic heterocycles. The molecule has 138 valence electrons. The lowest BCUT2D eigenvalue weighted by atomic mass is 10.1. The van der Waals surface area contributed by atoms with E-state index < -0.39 is 40.1 Å². The van der Waals surface area contributed by atoms with Crippen molar-refractivity contribution in [1.82, 2.24) is 5.32 Å². The SMILES string of the molecule is CC(CNC(=O)CCNc1ccc(C(F)(F)F)cc1[N+](=O)[O-])C(=O)O. The first kappa shape index (κ1) is 20.2. The molecule has 3 N–H and O–H groups in total. The van der Waals surface area contributed by atoms with Crippen LogP contribution in [0.25, 0.3) is 0 Å². The quantitative estimate of drug-likeness (QED) is 0.481. The molecular formula is C14H16F3N3O5. The van der Waals surface area contributed by atoms with E-state index >= 15 is 0 Å². The fourth-order valence-electron chi connectivity index (χ4n) is 1.76. The third-order valence-corrected chi connectivity index (χ3v) is 3.22. The van der Waals surface area contributed by atoms with Crippen molar-refractivity contribution in [2.75, 3.05) is 18.4 Å². The van der Waals surface area contributed by atoms with Gasteiger partial charge in [-0.25, -0.2) is 0 Å². The van der Waals surface area contributed by atoms with Crippen molar-refractivity contribution in [2.24, 2.45) is 5.92 Å². The fourth-order valence-corrected chi connectivity index (χ4v) is 1.76. The number of carbonyl (C=O) groups is 2. The van der Waals surface area contributed by atoms with Gasteiger partial charge in [-0.15, -0.1) is 0 Å². The Morgan fingerprint density at radius 2 is 2.00 bits per heavy atom. The number of nitrogens with zero attached hydrogens (tertiary/aromatic N) is 1. The number of carbonyl (C=O) groups excluding carboxylic acids is 1. The highest BCUT2D eigenvalue weighted by molar-refractivity contribution is 5.78. The van der Waals surface area contributed by atoms with Gasteiger partial charge in [0, 0.05) is 25.6 Å². The van der Waals surface area contributed by atoms with Crippen LogP contribution in [0.2, 0.25) is 0 Å². The molecule has 0 heterocycles. The number of alkyl halides is 3. The number of anilines is 1. The first-order chi connectivity index (χ1) is 11.5. The van der Waals surface area contributed by atoms with Gasteiger partial charge in [0.25, 0.3) is 5.69 Å². The van der Waals surface area contributed by atoms with E-state index in [9.17, 15) is 32.9 Å². The summed E-state index contributed by atoms with van der Waals surface area (Å²) in [5.41, 5.74) is -2.05. The standard InChI is InChI=1S/C14H16F3N3O5/c1-8(13(22)23)7-19-12(21)4-5-18-10-3-2-9(14(15,16)17)6-11(10)20(24)25/h2-3,6,8,18H,4-5,7H2,1H3,(H,19,21)(H,22,23). The molecule has 1 rings (SSSR count). The van der Waals surface area contributed by atoms with Crippen LogP contribution in [0.5, 0.6) is 0 Å². The second-order valence-electron chi connectivity index (χ2n) is 5.21. The molecule has 0 aromatic heterocycles. The summed E-state index contributed by atoms with van der Waals surface area (Å²) in [4.78, 5) is 32.1.